The number of rotatable bonds is 5. The molecule has 1 aromatic heterocycles. The van der Waals surface area contributed by atoms with Crippen molar-refractivity contribution < 1.29 is 30.0 Å². The second-order valence-corrected chi connectivity index (χ2v) is 19.6. The Balaban J connectivity index is 0.000000424. The van der Waals surface area contributed by atoms with Gasteiger partial charge in [-0.15, -0.1) is 35.4 Å². The molecule has 43 heavy (non-hydrogen) atoms. The van der Waals surface area contributed by atoms with Gasteiger partial charge in [0.2, 0.25) is 0 Å². The van der Waals surface area contributed by atoms with E-state index >= 15 is 0 Å². The van der Waals surface area contributed by atoms with Crippen molar-refractivity contribution in [2.45, 2.75) is 80.4 Å². The molecule has 0 atom stereocenters. The number of pyridine rings is 1. The van der Waals surface area contributed by atoms with Gasteiger partial charge >= 0.3 is 0 Å². The minimum Gasteiger partial charge on any atom is -0.512 e. The molecular weight excluding hydrogens is 723 g/mol. The van der Waals surface area contributed by atoms with Crippen LogP contribution in [0.25, 0.3) is 33.3 Å². The molecule has 0 amide bonds. The van der Waals surface area contributed by atoms with Gasteiger partial charge in [0.05, 0.1) is 19.3 Å². The first-order valence-corrected chi connectivity index (χ1v) is 18.4. The van der Waals surface area contributed by atoms with Crippen LogP contribution in [-0.2, 0) is 30.3 Å². The fourth-order valence-electron chi connectivity index (χ4n) is 4.29. The maximum atomic E-state index is 11.3. The largest absolute Gasteiger partial charge is 0.512 e. The van der Waals surface area contributed by atoms with Crippen LogP contribution >= 0.6 is 0 Å². The molecule has 4 aromatic rings. The van der Waals surface area contributed by atoms with Crippen molar-refractivity contribution in [2.24, 2.45) is 11.3 Å². The van der Waals surface area contributed by atoms with Gasteiger partial charge in [0.25, 0.3) is 0 Å². The summed E-state index contributed by atoms with van der Waals surface area (Å²) < 4.78 is 0. The fourth-order valence-corrected chi connectivity index (χ4v) is 5.45. The third-order valence-electron chi connectivity index (χ3n) is 7.31. The summed E-state index contributed by atoms with van der Waals surface area (Å²) in [6, 6.07) is 29.6. The van der Waals surface area contributed by atoms with E-state index in [9.17, 15) is 9.90 Å². The van der Waals surface area contributed by atoms with Gasteiger partial charge in [0.1, 0.15) is 0 Å². The zero-order valence-corrected chi connectivity index (χ0v) is 31.1. The predicted molar refractivity (Wildman–Crippen MR) is 183 cm³/mol. The first-order chi connectivity index (χ1) is 19.4. The Hall–Kier alpha value is -2.85. The Bertz CT molecular complexity index is 1570. The van der Waals surface area contributed by atoms with Gasteiger partial charge in [-0.1, -0.05) is 129 Å². The molecule has 0 aliphatic carbocycles. The molecule has 5 heteroatoms. The van der Waals surface area contributed by atoms with E-state index < -0.39 is 13.5 Å². The quantitative estimate of drug-likeness (QED) is 0.0952. The Morgan fingerprint density at radius 2 is 1.53 bits per heavy atom. The molecule has 0 saturated heterocycles. The third kappa shape index (κ3) is 9.83. The molecule has 1 N–H and O–H groups in total. The van der Waals surface area contributed by atoms with Crippen LogP contribution in [0.2, 0.25) is 19.6 Å². The van der Waals surface area contributed by atoms with Gasteiger partial charge in [-0.2, -0.15) is 0 Å². The molecular formula is C38H48IrNO2Si-. The molecule has 0 bridgehead atoms. The molecule has 0 saturated carbocycles. The number of carbonyl (C=O) groups excluding carboxylic acids is 1. The van der Waals surface area contributed by atoms with E-state index in [4.69, 9.17) is 4.98 Å². The van der Waals surface area contributed by atoms with E-state index in [0.717, 1.165) is 16.8 Å². The Morgan fingerprint density at radius 3 is 2.07 bits per heavy atom. The number of nitrogens with zero attached hydrogens (tertiary/aromatic N) is 1. The van der Waals surface area contributed by atoms with E-state index in [0.29, 0.717) is 0 Å². The normalized spacial score (nSPS) is 12.4. The second-order valence-electron chi connectivity index (χ2n) is 14.5. The summed E-state index contributed by atoms with van der Waals surface area (Å²) in [7, 11) is -1.41. The van der Waals surface area contributed by atoms with Crippen LogP contribution in [0.5, 0.6) is 0 Å². The molecule has 231 valence electrons. The van der Waals surface area contributed by atoms with Crippen molar-refractivity contribution in [3.05, 3.63) is 96.3 Å². The summed E-state index contributed by atoms with van der Waals surface area (Å²) in [5, 5.41) is 12.0. The average molecular weight is 771 g/mol. The number of fused-ring (bicyclic) bond motifs is 1. The average Bonchev–Trinajstić information content (AvgIpc) is 2.91. The van der Waals surface area contributed by atoms with Gasteiger partial charge < -0.3 is 5.11 Å². The standard InChI is InChI=1S/C28H30NSi.C10H18O2.Ir/c1-28(2,3)22-14-10-13-21(17-22)27-19-24(20-11-8-7-9-12-20)25-18-23(30(4,5)6)15-16-26(25)29-27;1-7(2)8(11)6-9(12)10(3,4)5;/h7-12,14-19H,1-6H3;6-7,11H,1-5H3;/q-1;;/b;8-6-;. The predicted octanol–water partition coefficient (Wildman–Crippen LogP) is 9.91. The van der Waals surface area contributed by atoms with Crippen molar-refractivity contribution in [3.63, 3.8) is 0 Å². The van der Waals surface area contributed by atoms with E-state index in [1.807, 2.05) is 40.7 Å². The van der Waals surface area contributed by atoms with Crippen LogP contribution in [0.3, 0.4) is 0 Å². The van der Waals surface area contributed by atoms with E-state index in [1.54, 1.807) is 0 Å². The summed E-state index contributed by atoms with van der Waals surface area (Å²) in [6.07, 6.45) is 1.32. The van der Waals surface area contributed by atoms with Crippen molar-refractivity contribution in [1.29, 1.82) is 0 Å². The maximum Gasteiger partial charge on any atom is 0.164 e. The number of aliphatic hydroxyl groups excluding tert-OH is 1. The monoisotopic (exact) mass is 771 g/mol. The first kappa shape index (κ1) is 36.3. The van der Waals surface area contributed by atoms with Gasteiger partial charge in [-0.3, -0.25) is 9.78 Å². The van der Waals surface area contributed by atoms with E-state index in [-0.39, 0.29) is 43.0 Å². The molecule has 0 aliphatic rings. The number of aromatic nitrogens is 1. The first-order valence-electron chi connectivity index (χ1n) is 14.9. The number of carbonyl (C=O) groups is 1. The summed E-state index contributed by atoms with van der Waals surface area (Å²) in [6.45, 7) is 23.1. The molecule has 0 unspecified atom stereocenters. The second kappa shape index (κ2) is 14.3. The smallest absolute Gasteiger partial charge is 0.164 e. The molecule has 0 fully saturated rings. The van der Waals surface area contributed by atoms with Crippen LogP contribution in [0.1, 0.15) is 61.0 Å². The zero-order chi connectivity index (χ0) is 31.5. The number of hydrogen-bond donors (Lipinski definition) is 1. The van der Waals surface area contributed by atoms with Gasteiger partial charge in [0, 0.05) is 42.9 Å². The molecule has 4 rings (SSSR count). The van der Waals surface area contributed by atoms with Crippen LogP contribution in [0.4, 0.5) is 0 Å². The molecule has 0 aliphatic heterocycles. The van der Waals surface area contributed by atoms with Gasteiger partial charge in [-0.25, -0.2) is 0 Å². The van der Waals surface area contributed by atoms with Crippen molar-refractivity contribution in [2.75, 3.05) is 0 Å². The number of benzene rings is 3. The van der Waals surface area contributed by atoms with Crippen molar-refractivity contribution in [1.82, 2.24) is 4.98 Å². The van der Waals surface area contributed by atoms with Crippen LogP contribution in [-0.4, -0.2) is 23.9 Å². The number of hydrogen-bond acceptors (Lipinski definition) is 3. The SMILES string of the molecule is CC(C)(C)c1cc[c-]c(-c2cc(-c3ccccc3)c3cc([Si](C)(C)C)ccc3n2)c1.CC(C)/C(O)=C/C(=O)C(C)(C)C.[Ir]. The summed E-state index contributed by atoms with van der Waals surface area (Å²) >= 11 is 0. The van der Waals surface area contributed by atoms with Gasteiger partial charge in [-0.05, 0) is 28.3 Å². The number of allylic oxidation sites excluding steroid dienone is 2. The molecule has 3 aromatic carbocycles. The third-order valence-corrected chi connectivity index (χ3v) is 9.36. The van der Waals surface area contributed by atoms with E-state index in [2.05, 4.69) is 113 Å². The van der Waals surface area contributed by atoms with Crippen molar-refractivity contribution >= 4 is 29.9 Å². The summed E-state index contributed by atoms with van der Waals surface area (Å²) in [5.41, 5.74) is 6.54. The Labute approximate surface area is 274 Å². The number of ketones is 1. The molecule has 1 radical (unpaired) electrons. The molecule has 0 spiro atoms. The summed E-state index contributed by atoms with van der Waals surface area (Å²) in [4.78, 5) is 16.4. The van der Waals surface area contributed by atoms with Crippen LogP contribution in [0.15, 0.2) is 84.6 Å². The molecule has 3 nitrogen and oxygen atoms in total. The zero-order valence-electron chi connectivity index (χ0n) is 27.7. The topological polar surface area (TPSA) is 50.2 Å². The Kier molecular flexibility index (Phi) is 12.1. The fraction of sp³-hybridized carbons (Fsp3) is 0.368. The van der Waals surface area contributed by atoms with Crippen LogP contribution < -0.4 is 5.19 Å². The Morgan fingerprint density at radius 1 is 0.907 bits per heavy atom. The summed E-state index contributed by atoms with van der Waals surface area (Å²) in [5.74, 6) is 0.153. The van der Waals surface area contributed by atoms with Crippen LogP contribution in [0, 0.1) is 17.4 Å². The molecule has 1 heterocycles. The van der Waals surface area contributed by atoms with Gasteiger partial charge in [0.15, 0.2) is 5.78 Å². The number of aliphatic hydroxyl groups is 1. The minimum absolute atomic E-state index is 0. The van der Waals surface area contributed by atoms with Crippen molar-refractivity contribution in [3.8, 4) is 22.4 Å². The minimum atomic E-state index is -1.41. The maximum absolute atomic E-state index is 11.3. The van der Waals surface area contributed by atoms with E-state index in [1.165, 1.54) is 33.3 Å².